The normalized spacial score (nSPS) is 18.3. The average Bonchev–Trinajstić information content (AvgIpc) is 2.63. The van der Waals surface area contributed by atoms with Gasteiger partial charge in [-0.15, -0.1) is 0 Å². The summed E-state index contributed by atoms with van der Waals surface area (Å²) in [4.78, 5) is 0. The van der Waals surface area contributed by atoms with E-state index in [9.17, 15) is 0 Å². The maximum Gasteiger partial charge on any atom is 0.0527 e. The number of nitrogens with zero attached hydrogens (tertiary/aromatic N) is 2. The van der Waals surface area contributed by atoms with Crippen LogP contribution in [0.1, 0.15) is 43.4 Å². The van der Waals surface area contributed by atoms with Gasteiger partial charge in [0, 0.05) is 12.2 Å². The van der Waals surface area contributed by atoms with Crippen molar-refractivity contribution in [2.24, 2.45) is 0 Å². The van der Waals surface area contributed by atoms with Crippen molar-refractivity contribution in [3.63, 3.8) is 0 Å². The lowest BCUT2D eigenvalue weighted by molar-refractivity contribution is 0.458. The lowest BCUT2D eigenvalue weighted by Gasteiger charge is -2.22. The summed E-state index contributed by atoms with van der Waals surface area (Å²) in [6.45, 7) is 7.77. The zero-order valence-corrected chi connectivity index (χ0v) is 9.79. The molecular weight excluding hydrogens is 186 g/mol. The third-order valence-corrected chi connectivity index (χ3v) is 3.36. The molecule has 0 bridgehead atoms. The summed E-state index contributed by atoms with van der Waals surface area (Å²) < 4.78 is 2.15. The van der Waals surface area contributed by atoms with E-state index in [4.69, 9.17) is 0 Å². The fourth-order valence-corrected chi connectivity index (χ4v) is 2.43. The first-order valence-electron chi connectivity index (χ1n) is 6.06. The van der Waals surface area contributed by atoms with Crippen LogP contribution in [0.25, 0.3) is 0 Å². The largest absolute Gasteiger partial charge is 0.317 e. The van der Waals surface area contributed by atoms with Gasteiger partial charge in [0.15, 0.2) is 0 Å². The van der Waals surface area contributed by atoms with E-state index in [0.29, 0.717) is 0 Å². The molecule has 0 aromatic carbocycles. The van der Waals surface area contributed by atoms with E-state index in [-0.39, 0.29) is 0 Å². The van der Waals surface area contributed by atoms with Gasteiger partial charge < -0.3 is 5.32 Å². The van der Waals surface area contributed by atoms with Gasteiger partial charge in [0.05, 0.1) is 6.20 Å². The van der Waals surface area contributed by atoms with Crippen LogP contribution in [0, 0.1) is 6.92 Å². The summed E-state index contributed by atoms with van der Waals surface area (Å²) in [6.07, 6.45) is 5.77. The highest BCUT2D eigenvalue weighted by molar-refractivity contribution is 5.21. The number of hydrogen-bond acceptors (Lipinski definition) is 2. The Kier molecular flexibility index (Phi) is 3.41. The zero-order valence-electron chi connectivity index (χ0n) is 9.79. The number of hydrogen-bond donors (Lipinski definition) is 1. The molecule has 3 heteroatoms. The first kappa shape index (κ1) is 10.7. The third-order valence-electron chi connectivity index (χ3n) is 3.36. The van der Waals surface area contributed by atoms with Crippen LogP contribution in [0.3, 0.4) is 0 Å². The molecule has 2 rings (SSSR count). The maximum atomic E-state index is 4.48. The maximum absolute atomic E-state index is 4.48. The first-order valence-corrected chi connectivity index (χ1v) is 6.06. The highest BCUT2D eigenvalue weighted by Gasteiger charge is 2.19. The molecule has 0 aliphatic carbocycles. The summed E-state index contributed by atoms with van der Waals surface area (Å²) >= 11 is 0. The van der Waals surface area contributed by atoms with E-state index in [1.807, 2.05) is 0 Å². The molecule has 0 radical (unpaired) electrons. The summed E-state index contributed by atoms with van der Waals surface area (Å²) in [5, 5.41) is 7.89. The van der Waals surface area contributed by atoms with E-state index in [0.717, 1.165) is 32.0 Å². The van der Waals surface area contributed by atoms with Crippen molar-refractivity contribution in [1.82, 2.24) is 15.1 Å². The van der Waals surface area contributed by atoms with Crippen LogP contribution in [0.4, 0.5) is 0 Å². The van der Waals surface area contributed by atoms with Crippen molar-refractivity contribution >= 4 is 0 Å². The van der Waals surface area contributed by atoms with Gasteiger partial charge in [-0.2, -0.15) is 5.10 Å². The van der Waals surface area contributed by atoms with Crippen molar-refractivity contribution < 1.29 is 0 Å². The van der Waals surface area contributed by atoms with Gasteiger partial charge in [0.1, 0.15) is 0 Å². The molecule has 84 valence electrons. The molecule has 1 fully saturated rings. The Hall–Kier alpha value is -0.830. The number of rotatable bonds is 3. The van der Waals surface area contributed by atoms with Gasteiger partial charge in [-0.3, -0.25) is 4.68 Å². The van der Waals surface area contributed by atoms with Crippen molar-refractivity contribution in [2.75, 3.05) is 13.1 Å². The van der Waals surface area contributed by atoms with Gasteiger partial charge in [0.2, 0.25) is 0 Å². The minimum atomic E-state index is 0.733. The Labute approximate surface area is 91.9 Å². The predicted octanol–water partition coefficient (Wildman–Crippen LogP) is 2.07. The van der Waals surface area contributed by atoms with Crippen LogP contribution in [-0.2, 0) is 6.54 Å². The summed E-state index contributed by atoms with van der Waals surface area (Å²) in [5.74, 6) is 0.733. The lowest BCUT2D eigenvalue weighted by atomic mass is 9.91. The van der Waals surface area contributed by atoms with Gasteiger partial charge in [-0.1, -0.05) is 6.92 Å². The average molecular weight is 207 g/mol. The summed E-state index contributed by atoms with van der Waals surface area (Å²) in [6, 6.07) is 0. The number of nitrogens with one attached hydrogen (secondary N) is 1. The fourth-order valence-electron chi connectivity index (χ4n) is 2.43. The minimum Gasteiger partial charge on any atom is -0.317 e. The van der Waals surface area contributed by atoms with Gasteiger partial charge in [-0.25, -0.2) is 0 Å². The second-order valence-electron chi connectivity index (χ2n) is 4.43. The molecule has 1 N–H and O–H groups in total. The predicted molar refractivity (Wildman–Crippen MR) is 62.1 cm³/mol. The van der Waals surface area contributed by atoms with Crippen molar-refractivity contribution in [3.8, 4) is 0 Å². The number of aromatic nitrogens is 2. The summed E-state index contributed by atoms with van der Waals surface area (Å²) in [5.41, 5.74) is 2.86. The van der Waals surface area contributed by atoms with Crippen LogP contribution in [0.5, 0.6) is 0 Å². The van der Waals surface area contributed by atoms with E-state index in [1.165, 1.54) is 24.1 Å². The Morgan fingerprint density at radius 2 is 2.20 bits per heavy atom. The molecule has 0 amide bonds. The van der Waals surface area contributed by atoms with Crippen LogP contribution in [0.15, 0.2) is 6.20 Å². The molecule has 0 saturated carbocycles. The van der Waals surface area contributed by atoms with E-state index >= 15 is 0 Å². The second kappa shape index (κ2) is 4.79. The molecule has 0 unspecified atom stereocenters. The zero-order chi connectivity index (χ0) is 10.7. The van der Waals surface area contributed by atoms with Crippen LogP contribution >= 0.6 is 0 Å². The SMILES string of the molecule is CCCn1ncc(C2CCNCC2)c1C. The number of piperidine rings is 1. The molecule has 1 aromatic heterocycles. The Balaban J connectivity index is 2.13. The molecule has 1 aromatic rings. The molecule has 0 spiro atoms. The molecule has 1 aliphatic rings. The van der Waals surface area contributed by atoms with Crippen LogP contribution < -0.4 is 5.32 Å². The topological polar surface area (TPSA) is 29.9 Å². The molecule has 1 aliphatic heterocycles. The molecule has 2 heterocycles. The van der Waals surface area contributed by atoms with E-state index in [2.05, 4.69) is 35.1 Å². The summed E-state index contributed by atoms with van der Waals surface area (Å²) in [7, 11) is 0. The van der Waals surface area contributed by atoms with Gasteiger partial charge in [0.25, 0.3) is 0 Å². The molecular formula is C12H21N3. The van der Waals surface area contributed by atoms with Gasteiger partial charge >= 0.3 is 0 Å². The molecule has 1 saturated heterocycles. The van der Waals surface area contributed by atoms with Crippen molar-refractivity contribution in [3.05, 3.63) is 17.5 Å². The van der Waals surface area contributed by atoms with Gasteiger partial charge in [-0.05, 0) is 50.8 Å². The molecule has 15 heavy (non-hydrogen) atoms. The Morgan fingerprint density at radius 1 is 1.47 bits per heavy atom. The minimum absolute atomic E-state index is 0.733. The highest BCUT2D eigenvalue weighted by atomic mass is 15.3. The van der Waals surface area contributed by atoms with Crippen molar-refractivity contribution in [2.45, 2.75) is 45.6 Å². The molecule has 0 atom stereocenters. The fraction of sp³-hybridized carbons (Fsp3) is 0.750. The smallest absolute Gasteiger partial charge is 0.0527 e. The Bertz CT molecular complexity index is 311. The van der Waals surface area contributed by atoms with Crippen molar-refractivity contribution in [1.29, 1.82) is 0 Å². The first-order chi connectivity index (χ1) is 7.33. The van der Waals surface area contributed by atoms with E-state index < -0.39 is 0 Å². The highest BCUT2D eigenvalue weighted by Crippen LogP contribution is 2.27. The van der Waals surface area contributed by atoms with E-state index in [1.54, 1.807) is 0 Å². The standard InChI is InChI=1S/C12H21N3/c1-3-8-15-10(2)12(9-14-15)11-4-6-13-7-5-11/h9,11,13H,3-8H2,1-2H3. The quantitative estimate of drug-likeness (QED) is 0.822. The second-order valence-corrected chi connectivity index (χ2v) is 4.43. The third kappa shape index (κ3) is 2.23. The Morgan fingerprint density at radius 3 is 2.87 bits per heavy atom. The van der Waals surface area contributed by atoms with Crippen LogP contribution in [-0.4, -0.2) is 22.9 Å². The monoisotopic (exact) mass is 207 g/mol. The molecule has 3 nitrogen and oxygen atoms in total. The number of aryl methyl sites for hydroxylation is 1. The van der Waals surface area contributed by atoms with Crippen LogP contribution in [0.2, 0.25) is 0 Å². The lowest BCUT2D eigenvalue weighted by Crippen LogP contribution is -2.26.